The highest BCUT2D eigenvalue weighted by Crippen LogP contribution is 2.37. The topological polar surface area (TPSA) is 102 Å². The van der Waals surface area contributed by atoms with Crippen LogP contribution >= 0.6 is 0 Å². The van der Waals surface area contributed by atoms with Crippen molar-refractivity contribution in [2.24, 2.45) is 7.05 Å². The number of benzene rings is 2. The second-order valence-electron chi connectivity index (χ2n) is 8.76. The van der Waals surface area contributed by atoms with Gasteiger partial charge in [-0.1, -0.05) is 50.2 Å². The average Bonchev–Trinajstić information content (AvgIpc) is 3.20. The summed E-state index contributed by atoms with van der Waals surface area (Å²) in [4.78, 5) is 15.5. The molecule has 4 rings (SSSR count). The summed E-state index contributed by atoms with van der Waals surface area (Å²) in [5, 5.41) is 27.9. The third-order valence-electron chi connectivity index (χ3n) is 6.54. The van der Waals surface area contributed by atoms with Crippen molar-refractivity contribution >= 4 is 21.8 Å². The molecule has 0 saturated heterocycles. The number of hydrogen-bond donors (Lipinski definition) is 2. The van der Waals surface area contributed by atoms with Crippen molar-refractivity contribution in [1.82, 2.24) is 19.2 Å². The maximum absolute atomic E-state index is 13.6. The van der Waals surface area contributed by atoms with Gasteiger partial charge in [0, 0.05) is 12.4 Å². The molecule has 0 amide bonds. The first-order valence-electron chi connectivity index (χ1n) is 12.2. The van der Waals surface area contributed by atoms with Crippen LogP contribution in [0.2, 0.25) is 0 Å². The van der Waals surface area contributed by atoms with Crippen LogP contribution in [0.3, 0.4) is 0 Å². The SMILES string of the molecule is CCN(CC)C(O)c1nn(CC(O)COCc2ccccc2)c(=O)c2c1c1c(OC)cccc1n2C. The number of aryl methyl sites for hydroxylation is 1. The lowest BCUT2D eigenvalue weighted by atomic mass is 10.1. The van der Waals surface area contributed by atoms with Gasteiger partial charge >= 0.3 is 0 Å². The Morgan fingerprint density at radius 2 is 1.75 bits per heavy atom. The summed E-state index contributed by atoms with van der Waals surface area (Å²) in [5.41, 5.74) is 2.17. The largest absolute Gasteiger partial charge is 0.496 e. The molecule has 0 spiro atoms. The number of hydrogen-bond acceptors (Lipinski definition) is 7. The Morgan fingerprint density at radius 1 is 1.03 bits per heavy atom. The Kier molecular flexibility index (Phi) is 8.05. The van der Waals surface area contributed by atoms with Gasteiger partial charge in [0.2, 0.25) is 0 Å². The summed E-state index contributed by atoms with van der Waals surface area (Å²) in [6, 6.07) is 15.3. The lowest BCUT2D eigenvalue weighted by molar-refractivity contribution is 0.00288. The average molecular weight is 495 g/mol. The molecule has 2 atom stereocenters. The molecule has 192 valence electrons. The molecule has 36 heavy (non-hydrogen) atoms. The van der Waals surface area contributed by atoms with E-state index in [0.717, 1.165) is 16.5 Å². The second kappa shape index (κ2) is 11.2. The second-order valence-corrected chi connectivity index (χ2v) is 8.76. The first-order chi connectivity index (χ1) is 17.4. The first-order valence-corrected chi connectivity index (χ1v) is 12.2. The number of fused-ring (bicyclic) bond motifs is 3. The minimum atomic E-state index is -1.05. The zero-order valence-electron chi connectivity index (χ0n) is 21.2. The van der Waals surface area contributed by atoms with Gasteiger partial charge in [0.25, 0.3) is 5.56 Å². The molecule has 0 saturated carbocycles. The molecular weight excluding hydrogens is 460 g/mol. The van der Waals surface area contributed by atoms with Crippen LogP contribution in [-0.4, -0.2) is 62.4 Å². The highest BCUT2D eigenvalue weighted by molar-refractivity contribution is 6.12. The summed E-state index contributed by atoms with van der Waals surface area (Å²) in [6.45, 7) is 5.43. The van der Waals surface area contributed by atoms with Crippen molar-refractivity contribution in [3.05, 3.63) is 70.1 Å². The van der Waals surface area contributed by atoms with E-state index in [1.165, 1.54) is 4.68 Å². The molecular formula is C27H34N4O5. The van der Waals surface area contributed by atoms with Crippen LogP contribution in [0.15, 0.2) is 53.3 Å². The fraction of sp³-hybridized carbons (Fsp3) is 0.407. The number of nitrogens with zero attached hydrogens (tertiary/aromatic N) is 4. The molecule has 2 aromatic carbocycles. The van der Waals surface area contributed by atoms with E-state index in [0.29, 0.717) is 42.0 Å². The van der Waals surface area contributed by atoms with Gasteiger partial charge in [-0.3, -0.25) is 9.69 Å². The Bertz CT molecular complexity index is 1380. The van der Waals surface area contributed by atoms with Crippen LogP contribution in [0.25, 0.3) is 21.8 Å². The van der Waals surface area contributed by atoms with Crippen LogP contribution < -0.4 is 10.3 Å². The van der Waals surface area contributed by atoms with E-state index < -0.39 is 12.3 Å². The van der Waals surface area contributed by atoms with Crippen LogP contribution in [0.5, 0.6) is 5.75 Å². The quantitative estimate of drug-likeness (QED) is 0.309. The number of ether oxygens (including phenoxy) is 2. The summed E-state index contributed by atoms with van der Waals surface area (Å²) in [6.07, 6.45) is -2.00. The van der Waals surface area contributed by atoms with Gasteiger partial charge in [-0.15, -0.1) is 0 Å². The monoisotopic (exact) mass is 494 g/mol. The van der Waals surface area contributed by atoms with Crippen molar-refractivity contribution in [2.75, 3.05) is 26.8 Å². The number of aliphatic hydroxyl groups excluding tert-OH is 2. The summed E-state index contributed by atoms with van der Waals surface area (Å²) >= 11 is 0. The van der Waals surface area contributed by atoms with Crippen LogP contribution in [0.4, 0.5) is 0 Å². The van der Waals surface area contributed by atoms with E-state index in [9.17, 15) is 15.0 Å². The molecule has 0 radical (unpaired) electrons. The standard InChI is InChI=1S/C27H34N4O5/c1-5-30(6-2)26(33)24-23-22-20(13-10-14-21(22)35-4)29(3)25(23)27(34)31(28-24)15-19(32)17-36-16-18-11-8-7-9-12-18/h7-14,19,26,32-33H,5-6,15-17H2,1-4H3. The molecule has 4 aromatic rings. The fourth-order valence-corrected chi connectivity index (χ4v) is 4.66. The number of aliphatic hydroxyl groups is 2. The molecule has 2 aromatic heterocycles. The maximum atomic E-state index is 13.6. The summed E-state index contributed by atoms with van der Waals surface area (Å²) in [5.74, 6) is 0.597. The van der Waals surface area contributed by atoms with E-state index in [1.807, 2.05) is 74.3 Å². The van der Waals surface area contributed by atoms with Gasteiger partial charge < -0.3 is 24.3 Å². The lowest BCUT2D eigenvalue weighted by Gasteiger charge is -2.25. The van der Waals surface area contributed by atoms with E-state index in [1.54, 1.807) is 11.7 Å². The van der Waals surface area contributed by atoms with Gasteiger partial charge in [0.05, 0.1) is 43.9 Å². The minimum Gasteiger partial charge on any atom is -0.496 e. The zero-order chi connectivity index (χ0) is 25.8. The van der Waals surface area contributed by atoms with Gasteiger partial charge in [-0.05, 0) is 30.8 Å². The van der Waals surface area contributed by atoms with E-state index >= 15 is 0 Å². The first kappa shape index (κ1) is 25.8. The molecule has 9 heteroatoms. The van der Waals surface area contributed by atoms with Crippen molar-refractivity contribution in [3.8, 4) is 5.75 Å². The Labute approximate surface area is 210 Å². The van der Waals surface area contributed by atoms with Gasteiger partial charge in [-0.2, -0.15) is 5.10 Å². The summed E-state index contributed by atoms with van der Waals surface area (Å²) < 4.78 is 14.3. The van der Waals surface area contributed by atoms with Crippen molar-refractivity contribution < 1.29 is 19.7 Å². The molecule has 0 fully saturated rings. The summed E-state index contributed by atoms with van der Waals surface area (Å²) in [7, 11) is 3.39. The molecule has 9 nitrogen and oxygen atoms in total. The van der Waals surface area contributed by atoms with Gasteiger partial charge in [0.15, 0.2) is 6.23 Å². The third-order valence-corrected chi connectivity index (χ3v) is 6.54. The molecule has 0 aliphatic rings. The maximum Gasteiger partial charge on any atom is 0.291 e. The normalized spacial score (nSPS) is 13.5. The Morgan fingerprint density at radius 3 is 2.42 bits per heavy atom. The molecule has 0 aliphatic heterocycles. The lowest BCUT2D eigenvalue weighted by Crippen LogP contribution is -2.35. The highest BCUT2D eigenvalue weighted by Gasteiger charge is 2.27. The molecule has 2 unspecified atom stereocenters. The number of rotatable bonds is 11. The van der Waals surface area contributed by atoms with Gasteiger partial charge in [0.1, 0.15) is 17.0 Å². The van der Waals surface area contributed by atoms with Crippen LogP contribution in [0.1, 0.15) is 31.3 Å². The van der Waals surface area contributed by atoms with Crippen molar-refractivity contribution in [3.63, 3.8) is 0 Å². The third kappa shape index (κ3) is 4.87. The van der Waals surface area contributed by atoms with E-state index in [2.05, 4.69) is 5.10 Å². The van der Waals surface area contributed by atoms with Crippen molar-refractivity contribution in [2.45, 2.75) is 39.3 Å². The van der Waals surface area contributed by atoms with Crippen LogP contribution in [0, 0.1) is 0 Å². The van der Waals surface area contributed by atoms with Gasteiger partial charge in [-0.25, -0.2) is 4.68 Å². The predicted octanol–water partition coefficient (Wildman–Crippen LogP) is 2.81. The fourth-order valence-electron chi connectivity index (χ4n) is 4.66. The number of aromatic nitrogens is 3. The van der Waals surface area contributed by atoms with Crippen LogP contribution in [-0.2, 0) is 24.9 Å². The van der Waals surface area contributed by atoms with Crippen molar-refractivity contribution in [1.29, 1.82) is 0 Å². The molecule has 0 bridgehead atoms. The Balaban J connectivity index is 1.77. The molecule has 2 N–H and O–H groups in total. The minimum absolute atomic E-state index is 0.0396. The number of methoxy groups -OCH3 is 1. The van der Waals surface area contributed by atoms with E-state index in [-0.39, 0.29) is 18.7 Å². The van der Waals surface area contributed by atoms with E-state index in [4.69, 9.17) is 9.47 Å². The molecule has 0 aliphatic carbocycles. The zero-order valence-corrected chi connectivity index (χ0v) is 21.2. The predicted molar refractivity (Wildman–Crippen MR) is 139 cm³/mol. The smallest absolute Gasteiger partial charge is 0.291 e. The molecule has 2 heterocycles. The Hall–Kier alpha value is -3.24. The highest BCUT2D eigenvalue weighted by atomic mass is 16.5.